The summed E-state index contributed by atoms with van der Waals surface area (Å²) < 4.78 is 0. The molecule has 1 aliphatic carbocycles. The monoisotopic (exact) mass is 238 g/mol. The Morgan fingerprint density at radius 2 is 1.94 bits per heavy atom. The summed E-state index contributed by atoms with van der Waals surface area (Å²) in [6, 6.07) is 0.798. The highest BCUT2D eigenvalue weighted by Gasteiger charge is 2.30. The zero-order chi connectivity index (χ0) is 12.1. The molecule has 1 saturated heterocycles. The summed E-state index contributed by atoms with van der Waals surface area (Å²) >= 11 is 0. The van der Waals surface area contributed by atoms with Gasteiger partial charge >= 0.3 is 0 Å². The van der Waals surface area contributed by atoms with Crippen LogP contribution in [0.1, 0.15) is 58.8 Å². The topological polar surface area (TPSA) is 15.3 Å². The van der Waals surface area contributed by atoms with E-state index in [-0.39, 0.29) is 0 Å². The van der Waals surface area contributed by atoms with Gasteiger partial charge in [0.15, 0.2) is 0 Å². The number of hydrogen-bond acceptors (Lipinski definition) is 2. The molecule has 0 aromatic rings. The molecule has 100 valence electrons. The van der Waals surface area contributed by atoms with Crippen molar-refractivity contribution in [2.75, 3.05) is 26.2 Å². The molecule has 17 heavy (non-hydrogen) atoms. The maximum absolute atomic E-state index is 3.75. The molecule has 0 amide bonds. The third kappa shape index (κ3) is 4.59. The number of rotatable bonds is 5. The van der Waals surface area contributed by atoms with Crippen molar-refractivity contribution in [3.63, 3.8) is 0 Å². The van der Waals surface area contributed by atoms with Crippen LogP contribution in [0.15, 0.2) is 0 Å². The fourth-order valence-corrected chi connectivity index (χ4v) is 3.40. The molecule has 0 aromatic heterocycles. The smallest absolute Gasteiger partial charge is 0.00723 e. The number of nitrogens with zero attached hydrogens (tertiary/aromatic N) is 1. The molecule has 1 atom stereocenters. The Morgan fingerprint density at radius 3 is 2.59 bits per heavy atom. The van der Waals surface area contributed by atoms with Crippen LogP contribution < -0.4 is 5.32 Å². The zero-order valence-electron chi connectivity index (χ0n) is 11.8. The summed E-state index contributed by atoms with van der Waals surface area (Å²) in [5.74, 6) is 0. The lowest BCUT2D eigenvalue weighted by Gasteiger charge is -2.26. The zero-order valence-corrected chi connectivity index (χ0v) is 11.8. The SMILES string of the molecule is CC1(C)CCC(NCCCN2CCCCC2)C1. The predicted octanol–water partition coefficient (Wildman–Crippen LogP) is 3.03. The average Bonchev–Trinajstić information content (AvgIpc) is 2.66. The van der Waals surface area contributed by atoms with Crippen molar-refractivity contribution in [2.24, 2.45) is 5.41 Å². The molecule has 1 unspecified atom stereocenters. The van der Waals surface area contributed by atoms with Crippen LogP contribution in [0.2, 0.25) is 0 Å². The lowest BCUT2D eigenvalue weighted by Crippen LogP contribution is -2.34. The first kappa shape index (κ1) is 13.4. The quantitative estimate of drug-likeness (QED) is 0.741. The van der Waals surface area contributed by atoms with E-state index in [0.29, 0.717) is 5.41 Å². The molecule has 0 aromatic carbocycles. The van der Waals surface area contributed by atoms with Crippen molar-refractivity contribution in [1.29, 1.82) is 0 Å². The Morgan fingerprint density at radius 1 is 1.18 bits per heavy atom. The lowest BCUT2D eigenvalue weighted by molar-refractivity contribution is 0.224. The van der Waals surface area contributed by atoms with Gasteiger partial charge in [-0.25, -0.2) is 0 Å². The van der Waals surface area contributed by atoms with Gasteiger partial charge in [-0.3, -0.25) is 0 Å². The van der Waals surface area contributed by atoms with E-state index >= 15 is 0 Å². The molecule has 1 N–H and O–H groups in total. The van der Waals surface area contributed by atoms with Crippen molar-refractivity contribution in [2.45, 2.75) is 64.8 Å². The van der Waals surface area contributed by atoms with Crippen molar-refractivity contribution < 1.29 is 0 Å². The molecule has 2 aliphatic rings. The van der Waals surface area contributed by atoms with Crippen LogP contribution in [-0.4, -0.2) is 37.1 Å². The Balaban J connectivity index is 1.51. The van der Waals surface area contributed by atoms with Crippen molar-refractivity contribution in [3.05, 3.63) is 0 Å². The van der Waals surface area contributed by atoms with Gasteiger partial charge in [-0.2, -0.15) is 0 Å². The third-order valence-corrected chi connectivity index (χ3v) is 4.50. The number of nitrogens with one attached hydrogen (secondary N) is 1. The summed E-state index contributed by atoms with van der Waals surface area (Å²) in [6.45, 7) is 10.0. The summed E-state index contributed by atoms with van der Waals surface area (Å²) in [7, 11) is 0. The van der Waals surface area contributed by atoms with Crippen LogP contribution in [0.5, 0.6) is 0 Å². The van der Waals surface area contributed by atoms with Crippen LogP contribution in [0.3, 0.4) is 0 Å². The molecular formula is C15H30N2. The number of likely N-dealkylation sites (tertiary alicyclic amines) is 1. The standard InChI is InChI=1S/C15H30N2/c1-15(2)8-7-14(13-15)16-9-6-12-17-10-4-3-5-11-17/h14,16H,3-13H2,1-2H3. The van der Waals surface area contributed by atoms with Crippen LogP contribution in [-0.2, 0) is 0 Å². The van der Waals surface area contributed by atoms with E-state index in [0.717, 1.165) is 6.04 Å². The summed E-state index contributed by atoms with van der Waals surface area (Å²) in [5.41, 5.74) is 0.588. The normalized spacial score (nSPS) is 29.6. The van der Waals surface area contributed by atoms with Crippen LogP contribution >= 0.6 is 0 Å². The van der Waals surface area contributed by atoms with E-state index in [4.69, 9.17) is 0 Å². The molecule has 2 nitrogen and oxygen atoms in total. The Labute approximate surface area is 107 Å². The first-order valence-corrected chi connectivity index (χ1v) is 7.61. The highest BCUT2D eigenvalue weighted by atomic mass is 15.1. The number of piperidine rings is 1. The van der Waals surface area contributed by atoms with Crippen molar-refractivity contribution in [3.8, 4) is 0 Å². The third-order valence-electron chi connectivity index (χ3n) is 4.50. The van der Waals surface area contributed by atoms with Crippen molar-refractivity contribution in [1.82, 2.24) is 10.2 Å². The maximum Gasteiger partial charge on any atom is 0.00723 e. The van der Waals surface area contributed by atoms with Gasteiger partial charge in [0, 0.05) is 6.04 Å². The Bertz CT molecular complexity index is 219. The van der Waals surface area contributed by atoms with E-state index < -0.39 is 0 Å². The second-order valence-corrected chi connectivity index (χ2v) is 6.81. The highest BCUT2D eigenvalue weighted by molar-refractivity contribution is 4.86. The van der Waals surface area contributed by atoms with E-state index in [1.165, 1.54) is 71.1 Å². The van der Waals surface area contributed by atoms with Gasteiger partial charge in [0.1, 0.15) is 0 Å². The van der Waals surface area contributed by atoms with Crippen LogP contribution in [0.25, 0.3) is 0 Å². The first-order chi connectivity index (χ1) is 8.16. The molecule has 0 spiro atoms. The summed E-state index contributed by atoms with van der Waals surface area (Å²) in [4.78, 5) is 2.64. The van der Waals surface area contributed by atoms with Gasteiger partial charge in [-0.15, -0.1) is 0 Å². The molecule has 0 radical (unpaired) electrons. The molecule has 1 saturated carbocycles. The van der Waals surface area contributed by atoms with E-state index in [9.17, 15) is 0 Å². The van der Waals surface area contributed by atoms with E-state index in [1.807, 2.05) is 0 Å². The Hall–Kier alpha value is -0.0800. The first-order valence-electron chi connectivity index (χ1n) is 7.61. The van der Waals surface area contributed by atoms with E-state index in [2.05, 4.69) is 24.1 Å². The fourth-order valence-electron chi connectivity index (χ4n) is 3.40. The van der Waals surface area contributed by atoms with Gasteiger partial charge in [0.25, 0.3) is 0 Å². The lowest BCUT2D eigenvalue weighted by atomic mass is 9.92. The van der Waals surface area contributed by atoms with Crippen LogP contribution in [0.4, 0.5) is 0 Å². The van der Waals surface area contributed by atoms with Crippen LogP contribution in [0, 0.1) is 5.41 Å². The minimum atomic E-state index is 0.588. The minimum absolute atomic E-state index is 0.588. The van der Waals surface area contributed by atoms with Gasteiger partial charge in [0.05, 0.1) is 0 Å². The van der Waals surface area contributed by atoms with Crippen molar-refractivity contribution >= 4 is 0 Å². The predicted molar refractivity (Wildman–Crippen MR) is 74.3 cm³/mol. The van der Waals surface area contributed by atoms with Gasteiger partial charge in [-0.05, 0) is 70.1 Å². The fraction of sp³-hybridized carbons (Fsp3) is 1.00. The van der Waals surface area contributed by atoms with Gasteiger partial charge in [-0.1, -0.05) is 20.3 Å². The number of hydrogen-bond donors (Lipinski definition) is 1. The second-order valence-electron chi connectivity index (χ2n) is 6.81. The largest absolute Gasteiger partial charge is 0.314 e. The minimum Gasteiger partial charge on any atom is -0.314 e. The molecule has 2 heteroatoms. The summed E-state index contributed by atoms with van der Waals surface area (Å²) in [5, 5.41) is 3.75. The summed E-state index contributed by atoms with van der Waals surface area (Å²) in [6.07, 6.45) is 9.78. The molecule has 2 rings (SSSR count). The average molecular weight is 238 g/mol. The maximum atomic E-state index is 3.75. The molecule has 2 fully saturated rings. The second kappa shape index (κ2) is 6.19. The van der Waals surface area contributed by atoms with Gasteiger partial charge < -0.3 is 10.2 Å². The molecule has 1 heterocycles. The Kier molecular flexibility index (Phi) is 4.87. The van der Waals surface area contributed by atoms with Gasteiger partial charge in [0.2, 0.25) is 0 Å². The van der Waals surface area contributed by atoms with E-state index in [1.54, 1.807) is 0 Å². The molecule has 1 aliphatic heterocycles. The highest BCUT2D eigenvalue weighted by Crippen LogP contribution is 2.36. The molecule has 0 bridgehead atoms. The molecular weight excluding hydrogens is 208 g/mol.